The van der Waals surface area contributed by atoms with Gasteiger partial charge in [-0.1, -0.05) is 6.92 Å². The Hall–Kier alpha value is -2.65. The number of aromatic carboxylic acids is 1. The second-order valence-corrected chi connectivity index (χ2v) is 7.17. The van der Waals surface area contributed by atoms with Crippen LogP contribution in [0, 0.1) is 6.92 Å². The van der Waals surface area contributed by atoms with Crippen molar-refractivity contribution in [3.63, 3.8) is 0 Å². The highest BCUT2D eigenvalue weighted by molar-refractivity contribution is 7.89. The van der Waals surface area contributed by atoms with Crippen LogP contribution >= 0.6 is 0 Å². The number of carbonyl (C=O) groups is 1. The smallest absolute Gasteiger partial charge is 0.339 e. The number of furan rings is 1. The van der Waals surface area contributed by atoms with Gasteiger partial charge in [-0.25, -0.2) is 22.9 Å². The van der Waals surface area contributed by atoms with E-state index in [0.717, 1.165) is 0 Å². The summed E-state index contributed by atoms with van der Waals surface area (Å²) in [7, 11) is -3.81. The first-order valence-electron chi connectivity index (χ1n) is 7.52. The van der Waals surface area contributed by atoms with E-state index in [1.807, 2.05) is 6.92 Å². The standard InChI is InChI=1S/C16H16N2O6S/c1-3-15-18-13-7-11(4-5-14(13)24-15)25(21,22)17-8-10-6-12(16(19)20)9(2)23-10/h4-7,17H,3,8H2,1-2H3,(H,19,20). The first-order chi connectivity index (χ1) is 11.8. The number of nitrogens with one attached hydrogen (secondary N) is 1. The lowest BCUT2D eigenvalue weighted by atomic mass is 10.2. The minimum atomic E-state index is -3.81. The maximum Gasteiger partial charge on any atom is 0.339 e. The summed E-state index contributed by atoms with van der Waals surface area (Å²) in [5.74, 6) is -0.157. The van der Waals surface area contributed by atoms with Crippen LogP contribution in [0.4, 0.5) is 0 Å². The zero-order chi connectivity index (χ0) is 18.2. The molecule has 2 heterocycles. The molecule has 0 spiro atoms. The van der Waals surface area contributed by atoms with Crippen molar-refractivity contribution in [2.75, 3.05) is 0 Å². The molecule has 0 aliphatic carbocycles. The Morgan fingerprint density at radius 2 is 2.04 bits per heavy atom. The number of fused-ring (bicyclic) bond motifs is 1. The van der Waals surface area contributed by atoms with E-state index >= 15 is 0 Å². The first-order valence-corrected chi connectivity index (χ1v) is 9.00. The number of aromatic nitrogens is 1. The summed E-state index contributed by atoms with van der Waals surface area (Å²) < 4.78 is 37.9. The third-order valence-electron chi connectivity index (χ3n) is 3.65. The molecule has 1 aromatic carbocycles. The van der Waals surface area contributed by atoms with Crippen LogP contribution in [0.25, 0.3) is 11.1 Å². The summed E-state index contributed by atoms with van der Waals surface area (Å²) in [6.07, 6.45) is 0.610. The quantitative estimate of drug-likeness (QED) is 0.689. The number of benzene rings is 1. The minimum absolute atomic E-state index is 0.00492. The molecule has 0 radical (unpaired) electrons. The lowest BCUT2D eigenvalue weighted by Gasteiger charge is -2.05. The van der Waals surface area contributed by atoms with E-state index in [9.17, 15) is 13.2 Å². The van der Waals surface area contributed by atoms with Gasteiger partial charge >= 0.3 is 5.97 Å². The van der Waals surface area contributed by atoms with Crippen LogP contribution in [-0.2, 0) is 23.0 Å². The van der Waals surface area contributed by atoms with Crippen LogP contribution in [0.15, 0.2) is 38.0 Å². The van der Waals surface area contributed by atoms with Crippen LogP contribution in [0.3, 0.4) is 0 Å². The van der Waals surface area contributed by atoms with Crippen molar-refractivity contribution >= 4 is 27.1 Å². The Morgan fingerprint density at radius 3 is 2.68 bits per heavy atom. The number of aryl methyl sites for hydroxylation is 2. The molecule has 2 aromatic heterocycles. The molecule has 2 N–H and O–H groups in total. The maximum atomic E-state index is 12.4. The highest BCUT2D eigenvalue weighted by Crippen LogP contribution is 2.21. The van der Waals surface area contributed by atoms with Gasteiger partial charge in [0.05, 0.1) is 11.4 Å². The van der Waals surface area contributed by atoms with Crippen molar-refractivity contribution in [1.29, 1.82) is 0 Å². The molecule has 0 unspecified atom stereocenters. The molecule has 0 saturated heterocycles. The fourth-order valence-corrected chi connectivity index (χ4v) is 3.38. The molecule has 132 valence electrons. The summed E-state index contributed by atoms with van der Waals surface area (Å²) in [6.45, 7) is 3.24. The topological polar surface area (TPSA) is 123 Å². The molecule has 0 saturated carbocycles. The summed E-state index contributed by atoms with van der Waals surface area (Å²) in [5.41, 5.74) is 0.982. The van der Waals surface area contributed by atoms with E-state index in [1.165, 1.54) is 25.1 Å². The fraction of sp³-hybridized carbons (Fsp3) is 0.250. The number of rotatable bonds is 6. The second kappa shape index (κ2) is 6.34. The van der Waals surface area contributed by atoms with Crippen molar-refractivity contribution in [2.24, 2.45) is 0 Å². The predicted molar refractivity (Wildman–Crippen MR) is 87.8 cm³/mol. The Balaban J connectivity index is 1.81. The Bertz CT molecular complexity index is 1050. The summed E-state index contributed by atoms with van der Waals surface area (Å²) in [6, 6.07) is 5.70. The van der Waals surface area contributed by atoms with E-state index < -0.39 is 16.0 Å². The number of hydrogen-bond donors (Lipinski definition) is 2. The summed E-state index contributed by atoms with van der Waals surface area (Å²) in [5, 5.41) is 8.99. The molecule has 25 heavy (non-hydrogen) atoms. The molecule has 0 atom stereocenters. The van der Waals surface area contributed by atoms with Crippen molar-refractivity contribution in [3.8, 4) is 0 Å². The minimum Gasteiger partial charge on any atom is -0.478 e. The van der Waals surface area contributed by atoms with Crippen LogP contribution in [0.5, 0.6) is 0 Å². The van der Waals surface area contributed by atoms with Crippen LogP contribution in [-0.4, -0.2) is 24.5 Å². The van der Waals surface area contributed by atoms with Gasteiger partial charge in [0.15, 0.2) is 11.5 Å². The zero-order valence-corrected chi connectivity index (χ0v) is 14.4. The van der Waals surface area contributed by atoms with Crippen LogP contribution < -0.4 is 4.72 Å². The number of nitrogens with zero attached hydrogens (tertiary/aromatic N) is 1. The Labute approximate surface area is 143 Å². The average Bonchev–Trinajstić information content (AvgIpc) is 3.15. The van der Waals surface area contributed by atoms with Gasteiger partial charge in [-0.05, 0) is 31.2 Å². The average molecular weight is 364 g/mol. The normalized spacial score (nSPS) is 11.9. The van der Waals surface area contributed by atoms with E-state index in [-0.39, 0.29) is 28.5 Å². The largest absolute Gasteiger partial charge is 0.478 e. The Kier molecular flexibility index (Phi) is 4.36. The highest BCUT2D eigenvalue weighted by Gasteiger charge is 2.19. The predicted octanol–water partition coefficient (Wildman–Crippen LogP) is 2.47. The van der Waals surface area contributed by atoms with Gasteiger partial charge < -0.3 is 13.9 Å². The SMILES string of the molecule is CCc1nc2cc(S(=O)(=O)NCc3cc(C(=O)O)c(C)o3)ccc2o1. The second-order valence-electron chi connectivity index (χ2n) is 5.40. The van der Waals surface area contributed by atoms with Gasteiger partial charge in [-0.2, -0.15) is 0 Å². The van der Waals surface area contributed by atoms with Crippen LogP contribution in [0.2, 0.25) is 0 Å². The van der Waals surface area contributed by atoms with Gasteiger partial charge in [0.2, 0.25) is 10.0 Å². The van der Waals surface area contributed by atoms with Gasteiger partial charge in [0, 0.05) is 6.42 Å². The van der Waals surface area contributed by atoms with E-state index in [4.69, 9.17) is 13.9 Å². The molecule has 3 rings (SSSR count). The lowest BCUT2D eigenvalue weighted by Crippen LogP contribution is -2.23. The number of hydrogen-bond acceptors (Lipinski definition) is 6. The molecule has 0 aliphatic heterocycles. The molecule has 0 aliphatic rings. The number of sulfonamides is 1. The first kappa shape index (κ1) is 17.2. The maximum absolute atomic E-state index is 12.4. The van der Waals surface area contributed by atoms with Crippen molar-refractivity contribution in [3.05, 3.63) is 47.2 Å². The third-order valence-corrected chi connectivity index (χ3v) is 5.05. The highest BCUT2D eigenvalue weighted by atomic mass is 32.2. The van der Waals surface area contributed by atoms with Gasteiger partial charge in [-0.15, -0.1) is 0 Å². The number of carboxylic acid groups (broad SMARTS) is 1. The number of oxazole rings is 1. The van der Waals surface area contributed by atoms with E-state index in [2.05, 4.69) is 9.71 Å². The molecule has 0 bridgehead atoms. The van der Waals surface area contributed by atoms with Crippen LogP contribution in [0.1, 0.15) is 34.7 Å². The molecular formula is C16H16N2O6S. The third kappa shape index (κ3) is 3.42. The van der Waals surface area contributed by atoms with Crippen molar-refractivity contribution < 1.29 is 27.2 Å². The molecule has 3 aromatic rings. The monoisotopic (exact) mass is 364 g/mol. The van der Waals surface area contributed by atoms with E-state index in [0.29, 0.717) is 23.4 Å². The molecule has 9 heteroatoms. The molecule has 8 nitrogen and oxygen atoms in total. The van der Waals surface area contributed by atoms with Gasteiger partial charge in [-0.3, -0.25) is 0 Å². The Morgan fingerprint density at radius 1 is 1.28 bits per heavy atom. The van der Waals surface area contributed by atoms with Crippen molar-refractivity contribution in [1.82, 2.24) is 9.71 Å². The van der Waals surface area contributed by atoms with Gasteiger partial charge in [0.25, 0.3) is 0 Å². The number of carboxylic acids is 1. The summed E-state index contributed by atoms with van der Waals surface area (Å²) >= 11 is 0. The zero-order valence-electron chi connectivity index (χ0n) is 13.6. The van der Waals surface area contributed by atoms with Gasteiger partial charge in [0.1, 0.15) is 22.6 Å². The molecular weight excluding hydrogens is 348 g/mol. The molecule has 0 fully saturated rings. The summed E-state index contributed by atoms with van der Waals surface area (Å²) in [4.78, 5) is 15.2. The van der Waals surface area contributed by atoms with E-state index in [1.54, 1.807) is 6.07 Å². The molecule has 0 amide bonds. The lowest BCUT2D eigenvalue weighted by molar-refractivity contribution is 0.0695. The fourth-order valence-electron chi connectivity index (χ4n) is 2.37. The van der Waals surface area contributed by atoms with Crippen molar-refractivity contribution in [2.45, 2.75) is 31.7 Å².